The third-order valence-electron chi connectivity index (χ3n) is 2.94. The second-order valence-corrected chi connectivity index (χ2v) is 4.53. The number of amides is 1. The molecule has 1 heterocycles. The summed E-state index contributed by atoms with van der Waals surface area (Å²) in [5, 5.41) is 5.89. The van der Waals surface area contributed by atoms with Gasteiger partial charge in [-0.3, -0.25) is 4.79 Å². The molecule has 1 aliphatic rings. The van der Waals surface area contributed by atoms with Gasteiger partial charge in [-0.2, -0.15) is 0 Å². The van der Waals surface area contributed by atoms with Crippen LogP contribution in [0.15, 0.2) is 24.3 Å². The van der Waals surface area contributed by atoms with Crippen molar-refractivity contribution < 1.29 is 18.7 Å². The Kier molecular flexibility index (Phi) is 5.76. The van der Waals surface area contributed by atoms with Crippen LogP contribution in [-0.2, 0) is 9.53 Å². The maximum Gasteiger partial charge on any atom is 0.222 e. The molecule has 2 rings (SSSR count). The minimum absolute atomic E-state index is 0.0729. The van der Waals surface area contributed by atoms with E-state index in [1.807, 2.05) is 0 Å². The monoisotopic (exact) mass is 282 g/mol. The number of hydrogen-bond acceptors (Lipinski definition) is 4. The zero-order valence-electron chi connectivity index (χ0n) is 11.2. The molecule has 1 saturated heterocycles. The fraction of sp³-hybridized carbons (Fsp3) is 0.500. The third-order valence-corrected chi connectivity index (χ3v) is 2.94. The van der Waals surface area contributed by atoms with Crippen molar-refractivity contribution >= 4 is 5.91 Å². The summed E-state index contributed by atoms with van der Waals surface area (Å²) in [7, 11) is 0. The maximum absolute atomic E-state index is 13.2. The van der Waals surface area contributed by atoms with E-state index in [1.54, 1.807) is 18.2 Å². The van der Waals surface area contributed by atoms with Crippen molar-refractivity contribution in [1.82, 2.24) is 10.6 Å². The molecule has 1 aromatic rings. The van der Waals surface area contributed by atoms with E-state index in [9.17, 15) is 9.18 Å². The molecule has 1 unspecified atom stereocenters. The van der Waals surface area contributed by atoms with Crippen LogP contribution >= 0.6 is 0 Å². The van der Waals surface area contributed by atoms with Crippen LogP contribution in [0.1, 0.15) is 6.42 Å². The zero-order chi connectivity index (χ0) is 14.2. The molecule has 0 radical (unpaired) electrons. The molecule has 6 heteroatoms. The summed E-state index contributed by atoms with van der Waals surface area (Å²) in [5.41, 5.74) is 0. The highest BCUT2D eigenvalue weighted by Crippen LogP contribution is 2.14. The summed E-state index contributed by atoms with van der Waals surface area (Å²) in [4.78, 5) is 11.6. The van der Waals surface area contributed by atoms with Crippen molar-refractivity contribution in [2.45, 2.75) is 12.5 Å². The number of morpholine rings is 1. The van der Waals surface area contributed by atoms with Crippen molar-refractivity contribution in [1.29, 1.82) is 0 Å². The fourth-order valence-electron chi connectivity index (χ4n) is 1.94. The van der Waals surface area contributed by atoms with Crippen LogP contribution in [0.4, 0.5) is 4.39 Å². The van der Waals surface area contributed by atoms with Gasteiger partial charge in [0.05, 0.1) is 25.7 Å². The van der Waals surface area contributed by atoms with Crippen LogP contribution in [0, 0.1) is 5.82 Å². The lowest BCUT2D eigenvalue weighted by atomic mass is 10.2. The first-order valence-corrected chi connectivity index (χ1v) is 6.72. The normalized spacial score (nSPS) is 18.6. The summed E-state index contributed by atoms with van der Waals surface area (Å²) >= 11 is 0. The van der Waals surface area contributed by atoms with E-state index < -0.39 is 5.82 Å². The first-order valence-electron chi connectivity index (χ1n) is 6.72. The smallest absolute Gasteiger partial charge is 0.222 e. The SMILES string of the molecule is O=C(CC1CNCCO1)NCCOc1ccccc1F. The van der Waals surface area contributed by atoms with Crippen molar-refractivity contribution in [3.63, 3.8) is 0 Å². The van der Waals surface area contributed by atoms with Gasteiger partial charge in [0.25, 0.3) is 0 Å². The second-order valence-electron chi connectivity index (χ2n) is 4.53. The summed E-state index contributed by atoms with van der Waals surface area (Å²) < 4.78 is 23.9. The van der Waals surface area contributed by atoms with E-state index in [2.05, 4.69) is 10.6 Å². The molecular formula is C14H19FN2O3. The summed E-state index contributed by atoms with van der Waals surface area (Å²) in [6.45, 7) is 2.73. The molecule has 20 heavy (non-hydrogen) atoms. The number of carbonyl (C=O) groups excluding carboxylic acids is 1. The standard InChI is InChI=1S/C14H19FN2O3/c15-12-3-1-2-4-13(12)20-8-6-17-14(18)9-11-10-16-5-7-19-11/h1-4,11,16H,5-10H2,(H,17,18). The van der Waals surface area contributed by atoms with Crippen LogP contribution in [0.2, 0.25) is 0 Å². The summed E-state index contributed by atoms with van der Waals surface area (Å²) in [6, 6.07) is 6.19. The lowest BCUT2D eigenvalue weighted by molar-refractivity contribution is -0.124. The first kappa shape index (κ1) is 14.7. The molecule has 1 fully saturated rings. The Balaban J connectivity index is 1.60. The Hall–Kier alpha value is -1.66. The molecule has 0 bridgehead atoms. The average Bonchev–Trinajstić information content (AvgIpc) is 2.46. The summed E-state index contributed by atoms with van der Waals surface area (Å²) in [5.74, 6) is -0.294. The quantitative estimate of drug-likeness (QED) is 0.754. The van der Waals surface area contributed by atoms with Crippen LogP contribution < -0.4 is 15.4 Å². The van der Waals surface area contributed by atoms with Gasteiger partial charge in [-0.1, -0.05) is 12.1 Å². The van der Waals surface area contributed by atoms with E-state index in [4.69, 9.17) is 9.47 Å². The second kappa shape index (κ2) is 7.81. The summed E-state index contributed by atoms with van der Waals surface area (Å²) in [6.07, 6.45) is 0.253. The molecule has 0 aromatic heterocycles. The molecule has 0 saturated carbocycles. The van der Waals surface area contributed by atoms with Crippen LogP contribution in [0.25, 0.3) is 0 Å². The van der Waals surface area contributed by atoms with Gasteiger partial charge in [0.15, 0.2) is 11.6 Å². The molecule has 1 amide bonds. The fourth-order valence-corrected chi connectivity index (χ4v) is 1.94. The van der Waals surface area contributed by atoms with E-state index in [1.165, 1.54) is 6.07 Å². The average molecular weight is 282 g/mol. The number of benzene rings is 1. The van der Waals surface area contributed by atoms with Gasteiger partial charge in [-0.25, -0.2) is 4.39 Å². The van der Waals surface area contributed by atoms with Crippen molar-refractivity contribution in [3.8, 4) is 5.75 Å². The maximum atomic E-state index is 13.2. The Morgan fingerprint density at radius 1 is 1.50 bits per heavy atom. The van der Waals surface area contributed by atoms with E-state index >= 15 is 0 Å². The van der Waals surface area contributed by atoms with Gasteiger partial charge in [-0.05, 0) is 12.1 Å². The number of rotatable bonds is 6. The molecule has 2 N–H and O–H groups in total. The number of halogens is 1. The molecule has 1 aromatic carbocycles. The molecule has 0 aliphatic carbocycles. The Bertz CT molecular complexity index is 436. The van der Waals surface area contributed by atoms with Gasteiger partial charge in [0.2, 0.25) is 5.91 Å². The van der Waals surface area contributed by atoms with Gasteiger partial charge >= 0.3 is 0 Å². The number of ether oxygens (including phenoxy) is 2. The highest BCUT2D eigenvalue weighted by atomic mass is 19.1. The number of para-hydroxylation sites is 1. The van der Waals surface area contributed by atoms with Crippen LogP contribution in [0.3, 0.4) is 0 Å². The van der Waals surface area contributed by atoms with Gasteiger partial charge in [0.1, 0.15) is 6.61 Å². The van der Waals surface area contributed by atoms with Gasteiger partial charge < -0.3 is 20.1 Å². The van der Waals surface area contributed by atoms with Crippen molar-refractivity contribution in [2.75, 3.05) is 32.8 Å². The van der Waals surface area contributed by atoms with E-state index in [0.717, 1.165) is 6.54 Å². The molecule has 0 spiro atoms. The van der Waals surface area contributed by atoms with Crippen molar-refractivity contribution in [3.05, 3.63) is 30.1 Å². The molecule has 1 aliphatic heterocycles. The van der Waals surface area contributed by atoms with Crippen LogP contribution in [-0.4, -0.2) is 44.9 Å². The Morgan fingerprint density at radius 3 is 3.10 bits per heavy atom. The number of hydrogen-bond donors (Lipinski definition) is 2. The van der Waals surface area contributed by atoms with Gasteiger partial charge in [0, 0.05) is 13.1 Å². The third kappa shape index (κ3) is 4.79. The van der Waals surface area contributed by atoms with E-state index in [-0.39, 0.29) is 24.4 Å². The highest BCUT2D eigenvalue weighted by Gasteiger charge is 2.16. The predicted octanol–water partition coefficient (Wildman–Crippen LogP) is 0.699. The lowest BCUT2D eigenvalue weighted by Gasteiger charge is -2.23. The molecule has 1 atom stereocenters. The van der Waals surface area contributed by atoms with E-state index in [0.29, 0.717) is 26.1 Å². The minimum Gasteiger partial charge on any atom is -0.489 e. The Morgan fingerprint density at radius 2 is 2.35 bits per heavy atom. The Labute approximate surface area is 117 Å². The van der Waals surface area contributed by atoms with Crippen LogP contribution in [0.5, 0.6) is 5.75 Å². The number of carbonyl (C=O) groups is 1. The minimum atomic E-state index is -0.402. The largest absolute Gasteiger partial charge is 0.489 e. The molecule has 110 valence electrons. The molecular weight excluding hydrogens is 263 g/mol. The lowest BCUT2D eigenvalue weighted by Crippen LogP contribution is -2.41. The molecule has 5 nitrogen and oxygen atoms in total. The number of nitrogens with one attached hydrogen (secondary N) is 2. The highest BCUT2D eigenvalue weighted by molar-refractivity contribution is 5.76. The van der Waals surface area contributed by atoms with Crippen molar-refractivity contribution in [2.24, 2.45) is 0 Å². The topological polar surface area (TPSA) is 59.6 Å². The zero-order valence-corrected chi connectivity index (χ0v) is 11.2. The first-order chi connectivity index (χ1) is 9.75. The van der Waals surface area contributed by atoms with Gasteiger partial charge in [-0.15, -0.1) is 0 Å². The predicted molar refractivity (Wildman–Crippen MR) is 72.1 cm³/mol.